The minimum Gasteiger partial charge on any atom is -0.497 e. The van der Waals surface area contributed by atoms with Gasteiger partial charge in [-0.2, -0.15) is 0 Å². The minimum atomic E-state index is -3.71. The molecule has 0 spiro atoms. The maximum absolute atomic E-state index is 13.0. The third-order valence-electron chi connectivity index (χ3n) is 3.76. The molecule has 0 fully saturated rings. The standard InChI is InChI=1S/C18H13F2N3O5S/c1-25-12-5-2-10(3-6-12)16-22-23-17(26-16)29-9-15(24)21-11-4-7-13-14(8-11)28-18(19,20)27-13/h2-8H,9H2,1H3,(H,21,24). The van der Waals surface area contributed by atoms with Crippen molar-refractivity contribution in [1.29, 1.82) is 0 Å². The number of hydrogen-bond donors (Lipinski definition) is 1. The average Bonchev–Trinajstić information content (AvgIpc) is 3.29. The van der Waals surface area contributed by atoms with Crippen molar-refractivity contribution >= 4 is 23.4 Å². The second-order valence-electron chi connectivity index (χ2n) is 5.77. The van der Waals surface area contributed by atoms with Crippen molar-refractivity contribution in [2.24, 2.45) is 0 Å². The van der Waals surface area contributed by atoms with Gasteiger partial charge in [0.25, 0.3) is 5.22 Å². The van der Waals surface area contributed by atoms with Crippen LogP contribution >= 0.6 is 11.8 Å². The Labute approximate surface area is 167 Å². The Morgan fingerprint density at radius 1 is 1.14 bits per heavy atom. The molecule has 2 aromatic carbocycles. The van der Waals surface area contributed by atoms with Crippen LogP contribution in [-0.2, 0) is 4.79 Å². The second-order valence-corrected chi connectivity index (χ2v) is 6.69. The minimum absolute atomic E-state index is 0.0190. The van der Waals surface area contributed by atoms with E-state index in [-0.39, 0.29) is 28.4 Å². The number of hydrogen-bond acceptors (Lipinski definition) is 8. The van der Waals surface area contributed by atoms with Crippen LogP contribution in [0.2, 0.25) is 0 Å². The normalized spacial score (nSPS) is 13.9. The molecule has 0 radical (unpaired) electrons. The molecule has 1 aliphatic rings. The predicted molar refractivity (Wildman–Crippen MR) is 98.3 cm³/mol. The van der Waals surface area contributed by atoms with Crippen LogP contribution in [0.15, 0.2) is 52.1 Å². The summed E-state index contributed by atoms with van der Waals surface area (Å²) in [6.45, 7) is 0. The smallest absolute Gasteiger partial charge is 0.497 e. The molecule has 0 unspecified atom stereocenters. The average molecular weight is 421 g/mol. The van der Waals surface area contributed by atoms with E-state index in [9.17, 15) is 13.6 Å². The summed E-state index contributed by atoms with van der Waals surface area (Å²) in [6, 6.07) is 11.1. The molecule has 11 heteroatoms. The first-order valence-electron chi connectivity index (χ1n) is 8.22. The van der Waals surface area contributed by atoms with E-state index in [1.165, 1.54) is 18.2 Å². The first-order chi connectivity index (χ1) is 13.9. The van der Waals surface area contributed by atoms with Gasteiger partial charge in [-0.05, 0) is 36.4 Å². The first kappa shape index (κ1) is 19.0. The van der Waals surface area contributed by atoms with Gasteiger partial charge in [-0.15, -0.1) is 19.0 Å². The van der Waals surface area contributed by atoms with Crippen LogP contribution in [0.3, 0.4) is 0 Å². The first-order valence-corrected chi connectivity index (χ1v) is 9.21. The van der Waals surface area contributed by atoms with Crippen molar-refractivity contribution in [3.05, 3.63) is 42.5 Å². The van der Waals surface area contributed by atoms with Crippen molar-refractivity contribution < 1.29 is 32.2 Å². The number of benzene rings is 2. The van der Waals surface area contributed by atoms with E-state index in [1.54, 1.807) is 31.4 Å². The number of amides is 1. The Morgan fingerprint density at radius 2 is 1.90 bits per heavy atom. The van der Waals surface area contributed by atoms with Gasteiger partial charge in [-0.25, -0.2) is 0 Å². The number of fused-ring (bicyclic) bond motifs is 1. The topological polar surface area (TPSA) is 95.7 Å². The monoisotopic (exact) mass is 421 g/mol. The summed E-state index contributed by atoms with van der Waals surface area (Å²) >= 11 is 1.04. The fourth-order valence-corrected chi connectivity index (χ4v) is 3.03. The van der Waals surface area contributed by atoms with Crippen LogP contribution in [-0.4, -0.2) is 35.3 Å². The van der Waals surface area contributed by atoms with Gasteiger partial charge in [0.2, 0.25) is 11.8 Å². The Balaban J connectivity index is 1.33. The van der Waals surface area contributed by atoms with Gasteiger partial charge >= 0.3 is 6.29 Å². The summed E-state index contributed by atoms with van der Waals surface area (Å²) in [5.41, 5.74) is 1.01. The molecule has 2 heterocycles. The van der Waals surface area contributed by atoms with Crippen molar-refractivity contribution in [2.75, 3.05) is 18.2 Å². The number of rotatable bonds is 6. The highest BCUT2D eigenvalue weighted by atomic mass is 32.2. The molecule has 1 aromatic heterocycles. The zero-order valence-electron chi connectivity index (χ0n) is 14.8. The lowest BCUT2D eigenvalue weighted by atomic mass is 10.2. The van der Waals surface area contributed by atoms with Crippen LogP contribution in [0, 0.1) is 0 Å². The molecule has 29 heavy (non-hydrogen) atoms. The van der Waals surface area contributed by atoms with E-state index in [4.69, 9.17) is 9.15 Å². The van der Waals surface area contributed by atoms with Gasteiger partial charge in [-0.1, -0.05) is 11.8 Å². The van der Waals surface area contributed by atoms with E-state index in [2.05, 4.69) is 25.0 Å². The number of alkyl halides is 2. The van der Waals surface area contributed by atoms with E-state index >= 15 is 0 Å². The van der Waals surface area contributed by atoms with E-state index in [0.29, 0.717) is 22.9 Å². The fourth-order valence-electron chi connectivity index (χ4n) is 2.47. The number of nitrogens with zero attached hydrogens (tertiary/aromatic N) is 2. The molecule has 1 N–H and O–H groups in total. The molecule has 4 rings (SSSR count). The van der Waals surface area contributed by atoms with Crippen LogP contribution in [0.5, 0.6) is 17.2 Å². The second kappa shape index (κ2) is 7.59. The Bertz CT molecular complexity index is 1040. The van der Waals surface area contributed by atoms with Crippen molar-refractivity contribution in [3.63, 3.8) is 0 Å². The highest BCUT2D eigenvalue weighted by Crippen LogP contribution is 2.42. The van der Waals surface area contributed by atoms with Crippen LogP contribution < -0.4 is 19.5 Å². The molecule has 0 saturated heterocycles. The lowest BCUT2D eigenvalue weighted by Crippen LogP contribution is -2.25. The van der Waals surface area contributed by atoms with Gasteiger partial charge in [0.1, 0.15) is 5.75 Å². The number of carbonyl (C=O) groups is 1. The molecular formula is C18H13F2N3O5S. The molecule has 1 amide bonds. The van der Waals surface area contributed by atoms with E-state index in [1.807, 2.05) is 0 Å². The number of anilines is 1. The van der Waals surface area contributed by atoms with E-state index < -0.39 is 6.29 Å². The molecular weight excluding hydrogens is 408 g/mol. The van der Waals surface area contributed by atoms with Crippen molar-refractivity contribution in [1.82, 2.24) is 10.2 Å². The van der Waals surface area contributed by atoms with Crippen LogP contribution in [0.4, 0.5) is 14.5 Å². The molecule has 0 saturated carbocycles. The number of carbonyl (C=O) groups excluding carboxylic acids is 1. The summed E-state index contributed by atoms with van der Waals surface area (Å²) in [6.07, 6.45) is -3.71. The fraction of sp³-hybridized carbons (Fsp3) is 0.167. The summed E-state index contributed by atoms with van der Waals surface area (Å²) in [5, 5.41) is 10.6. The van der Waals surface area contributed by atoms with Gasteiger partial charge in [-0.3, -0.25) is 4.79 Å². The molecule has 0 bridgehead atoms. The summed E-state index contributed by atoms with van der Waals surface area (Å²) < 4.78 is 45.4. The van der Waals surface area contributed by atoms with E-state index in [0.717, 1.165) is 11.8 Å². The lowest BCUT2D eigenvalue weighted by molar-refractivity contribution is -0.286. The molecule has 8 nitrogen and oxygen atoms in total. The number of methoxy groups -OCH3 is 1. The number of aromatic nitrogens is 2. The SMILES string of the molecule is COc1ccc(-c2nnc(SCC(=O)Nc3ccc4c(c3)OC(F)(F)O4)o2)cc1. The summed E-state index contributed by atoms with van der Waals surface area (Å²) in [4.78, 5) is 12.1. The molecule has 3 aromatic rings. The molecule has 0 aliphatic carbocycles. The molecule has 0 atom stereocenters. The van der Waals surface area contributed by atoms with Crippen molar-refractivity contribution in [3.8, 4) is 28.7 Å². The van der Waals surface area contributed by atoms with Crippen LogP contribution in [0.1, 0.15) is 0 Å². The zero-order valence-corrected chi connectivity index (χ0v) is 15.7. The number of thioether (sulfide) groups is 1. The largest absolute Gasteiger partial charge is 0.586 e. The maximum atomic E-state index is 13.0. The Hall–Kier alpha value is -3.34. The van der Waals surface area contributed by atoms with Gasteiger partial charge in [0, 0.05) is 17.3 Å². The maximum Gasteiger partial charge on any atom is 0.586 e. The highest BCUT2D eigenvalue weighted by Gasteiger charge is 2.43. The zero-order chi connectivity index (χ0) is 20.4. The predicted octanol–water partition coefficient (Wildman–Crippen LogP) is 3.80. The number of nitrogens with one attached hydrogen (secondary N) is 1. The molecule has 150 valence electrons. The third-order valence-corrected chi connectivity index (χ3v) is 4.57. The van der Waals surface area contributed by atoms with Gasteiger partial charge in [0.15, 0.2) is 11.5 Å². The number of ether oxygens (including phenoxy) is 3. The van der Waals surface area contributed by atoms with Crippen molar-refractivity contribution in [2.45, 2.75) is 11.5 Å². The molecule has 1 aliphatic heterocycles. The summed E-state index contributed by atoms with van der Waals surface area (Å²) in [5.74, 6) is 0.360. The van der Waals surface area contributed by atoms with Gasteiger partial charge < -0.3 is 23.9 Å². The summed E-state index contributed by atoms with van der Waals surface area (Å²) in [7, 11) is 1.57. The third kappa shape index (κ3) is 4.40. The highest BCUT2D eigenvalue weighted by molar-refractivity contribution is 7.99. The lowest BCUT2D eigenvalue weighted by Gasteiger charge is -2.05. The number of halogens is 2. The Morgan fingerprint density at radius 3 is 2.66 bits per heavy atom. The van der Waals surface area contributed by atoms with Crippen LogP contribution in [0.25, 0.3) is 11.5 Å². The van der Waals surface area contributed by atoms with Gasteiger partial charge in [0.05, 0.1) is 12.9 Å². The quantitative estimate of drug-likeness (QED) is 0.601. The Kier molecular flexibility index (Phi) is 4.97.